The zero-order valence-corrected chi connectivity index (χ0v) is 21.7. The zero-order chi connectivity index (χ0) is 24.7. The van der Waals surface area contributed by atoms with Gasteiger partial charge in [-0.2, -0.15) is 0 Å². The molecule has 0 atom stereocenters. The minimum absolute atomic E-state index is 0.131. The number of amidine groups is 1. The van der Waals surface area contributed by atoms with Gasteiger partial charge < -0.3 is 18.9 Å². The van der Waals surface area contributed by atoms with Gasteiger partial charge >= 0.3 is 5.97 Å². The van der Waals surface area contributed by atoms with Gasteiger partial charge in [0.05, 0.1) is 31.4 Å². The number of amides is 1. The van der Waals surface area contributed by atoms with E-state index < -0.39 is 5.97 Å². The van der Waals surface area contributed by atoms with Gasteiger partial charge in [-0.1, -0.05) is 15.9 Å². The lowest BCUT2D eigenvalue weighted by Crippen LogP contribution is -2.28. The molecule has 2 aromatic carbocycles. The zero-order valence-electron chi connectivity index (χ0n) is 19.3. The molecule has 0 saturated carbocycles. The Balaban J connectivity index is 1.86. The second-order valence-corrected chi connectivity index (χ2v) is 8.73. The topological polar surface area (TPSA) is 86.7 Å². The van der Waals surface area contributed by atoms with Crippen LogP contribution in [0.3, 0.4) is 0 Å². The lowest BCUT2D eigenvalue weighted by Gasteiger charge is -2.13. The van der Waals surface area contributed by atoms with Crippen LogP contribution in [-0.2, 0) is 14.3 Å². The highest BCUT2D eigenvalue weighted by molar-refractivity contribution is 9.10. The number of nitrogens with zero attached hydrogens (tertiary/aromatic N) is 2. The van der Waals surface area contributed by atoms with Gasteiger partial charge in [-0.3, -0.25) is 9.69 Å². The van der Waals surface area contributed by atoms with Crippen molar-refractivity contribution >= 4 is 56.5 Å². The fraction of sp³-hybridized carbons (Fsp3) is 0.292. The van der Waals surface area contributed by atoms with Crippen molar-refractivity contribution in [3.8, 4) is 17.2 Å². The van der Waals surface area contributed by atoms with E-state index in [1.165, 1.54) is 18.9 Å². The summed E-state index contributed by atoms with van der Waals surface area (Å²) in [5, 5.41) is 0.599. The Labute approximate surface area is 211 Å². The molecule has 0 unspecified atom stereocenters. The predicted octanol–water partition coefficient (Wildman–Crippen LogP) is 5.03. The molecule has 8 nitrogen and oxygen atoms in total. The maximum atomic E-state index is 13.0. The van der Waals surface area contributed by atoms with Crippen LogP contribution < -0.4 is 14.2 Å². The fourth-order valence-corrected chi connectivity index (χ4v) is 4.54. The van der Waals surface area contributed by atoms with Crippen molar-refractivity contribution in [1.29, 1.82) is 0 Å². The van der Waals surface area contributed by atoms with Crippen molar-refractivity contribution < 1.29 is 28.5 Å². The third-order valence-electron chi connectivity index (χ3n) is 4.72. The van der Waals surface area contributed by atoms with E-state index in [-0.39, 0.29) is 19.1 Å². The van der Waals surface area contributed by atoms with Crippen LogP contribution in [0.15, 0.2) is 50.8 Å². The summed E-state index contributed by atoms with van der Waals surface area (Å²) in [6, 6.07) is 10.7. The Morgan fingerprint density at radius 2 is 1.85 bits per heavy atom. The van der Waals surface area contributed by atoms with Crippen LogP contribution in [0.25, 0.3) is 6.08 Å². The summed E-state index contributed by atoms with van der Waals surface area (Å²) in [5.74, 6) is 0.943. The van der Waals surface area contributed by atoms with Crippen LogP contribution in [0, 0.1) is 0 Å². The molecule has 0 aliphatic carbocycles. The van der Waals surface area contributed by atoms with E-state index in [0.717, 1.165) is 17.0 Å². The van der Waals surface area contributed by atoms with Gasteiger partial charge in [0, 0.05) is 11.0 Å². The number of rotatable bonds is 9. The molecule has 1 amide bonds. The first-order valence-electron chi connectivity index (χ1n) is 10.5. The summed E-state index contributed by atoms with van der Waals surface area (Å²) in [6.45, 7) is 4.16. The number of benzene rings is 2. The molecule has 1 fully saturated rings. The Kier molecular flexibility index (Phi) is 9.00. The maximum Gasteiger partial charge on any atom is 0.344 e. The summed E-state index contributed by atoms with van der Waals surface area (Å²) in [4.78, 5) is 31.4. The molecule has 0 N–H and O–H groups in total. The summed E-state index contributed by atoms with van der Waals surface area (Å²) in [5.41, 5.74) is 1.44. The Bertz CT molecular complexity index is 1120. The monoisotopic (exact) mass is 548 g/mol. The van der Waals surface area contributed by atoms with Gasteiger partial charge in [-0.15, -0.1) is 0 Å². The number of methoxy groups -OCH3 is 2. The molecule has 1 heterocycles. The molecule has 1 aliphatic rings. The molecule has 3 rings (SSSR count). The predicted molar refractivity (Wildman–Crippen MR) is 136 cm³/mol. The van der Waals surface area contributed by atoms with Crippen molar-refractivity contribution in [2.45, 2.75) is 13.8 Å². The number of thioether (sulfide) groups is 1. The molecular weight excluding hydrogens is 524 g/mol. The fourth-order valence-electron chi connectivity index (χ4n) is 3.05. The van der Waals surface area contributed by atoms with E-state index in [1.54, 1.807) is 37.1 Å². The molecule has 34 heavy (non-hydrogen) atoms. The molecule has 0 radical (unpaired) electrons. The second-order valence-electron chi connectivity index (χ2n) is 6.87. The molecule has 0 spiro atoms. The summed E-state index contributed by atoms with van der Waals surface area (Å²) in [6.07, 6.45) is 1.77. The van der Waals surface area contributed by atoms with Crippen LogP contribution in [0.4, 0.5) is 5.69 Å². The van der Waals surface area contributed by atoms with E-state index in [1.807, 2.05) is 31.2 Å². The largest absolute Gasteiger partial charge is 0.497 e. The number of likely N-dealkylation sites (N-methyl/N-ethyl adjacent to an activating group) is 1. The average molecular weight is 549 g/mol. The highest BCUT2D eigenvalue weighted by Gasteiger charge is 2.32. The Hall–Kier alpha value is -2.98. The van der Waals surface area contributed by atoms with Crippen LogP contribution in [-0.4, -0.2) is 55.9 Å². The highest BCUT2D eigenvalue weighted by atomic mass is 79.9. The highest BCUT2D eigenvalue weighted by Crippen LogP contribution is 2.38. The van der Waals surface area contributed by atoms with E-state index >= 15 is 0 Å². The maximum absolute atomic E-state index is 13.0. The second kappa shape index (κ2) is 11.9. The van der Waals surface area contributed by atoms with E-state index in [4.69, 9.17) is 18.9 Å². The average Bonchev–Trinajstić information content (AvgIpc) is 3.13. The number of hydrogen-bond donors (Lipinski definition) is 0. The first-order valence-corrected chi connectivity index (χ1v) is 12.1. The van der Waals surface area contributed by atoms with Crippen LogP contribution in [0.2, 0.25) is 0 Å². The number of halogens is 1. The van der Waals surface area contributed by atoms with E-state index in [0.29, 0.717) is 32.6 Å². The first-order chi connectivity index (χ1) is 16.4. The van der Waals surface area contributed by atoms with Crippen molar-refractivity contribution in [1.82, 2.24) is 4.90 Å². The molecule has 0 aromatic heterocycles. The number of esters is 1. The molecule has 0 bridgehead atoms. The van der Waals surface area contributed by atoms with Crippen LogP contribution >= 0.6 is 27.7 Å². The summed E-state index contributed by atoms with van der Waals surface area (Å²) < 4.78 is 21.7. The minimum Gasteiger partial charge on any atom is -0.497 e. The quantitative estimate of drug-likeness (QED) is 0.320. The van der Waals surface area contributed by atoms with E-state index in [2.05, 4.69) is 20.9 Å². The van der Waals surface area contributed by atoms with Gasteiger partial charge in [0.2, 0.25) is 0 Å². The van der Waals surface area contributed by atoms with Crippen molar-refractivity contribution in [3.05, 3.63) is 51.3 Å². The van der Waals surface area contributed by atoms with E-state index in [9.17, 15) is 9.59 Å². The lowest BCUT2D eigenvalue weighted by molar-refractivity contribution is -0.145. The van der Waals surface area contributed by atoms with Crippen LogP contribution in [0.1, 0.15) is 19.4 Å². The van der Waals surface area contributed by atoms with Crippen molar-refractivity contribution in [3.63, 3.8) is 0 Å². The van der Waals surface area contributed by atoms with Gasteiger partial charge in [0.25, 0.3) is 5.91 Å². The standard InChI is InChI=1S/C24H25BrN2O6S/c1-5-27-23(29)21(34-24(27)26-16-7-9-17(30-3)10-8-16)12-15-11-19(31-4)20(13-18(15)25)33-14-22(28)32-6-2/h7-13H,5-6,14H2,1-4H3/b21-12+,26-24?. The van der Waals surface area contributed by atoms with Gasteiger partial charge in [-0.05, 0) is 73.6 Å². The minimum atomic E-state index is -0.469. The van der Waals surface area contributed by atoms with Gasteiger partial charge in [0.1, 0.15) is 5.75 Å². The number of ether oxygens (including phenoxy) is 4. The first kappa shape index (κ1) is 25.6. The smallest absolute Gasteiger partial charge is 0.344 e. The molecule has 2 aromatic rings. The van der Waals surface area contributed by atoms with Crippen molar-refractivity contribution in [2.75, 3.05) is 34.0 Å². The third kappa shape index (κ3) is 6.12. The number of carbonyl (C=O) groups excluding carboxylic acids is 2. The Morgan fingerprint density at radius 1 is 1.12 bits per heavy atom. The third-order valence-corrected chi connectivity index (χ3v) is 6.42. The molecular formula is C24H25BrN2O6S. The molecule has 180 valence electrons. The normalized spacial score (nSPS) is 15.7. The van der Waals surface area contributed by atoms with Gasteiger partial charge in [0.15, 0.2) is 23.3 Å². The number of carbonyl (C=O) groups is 2. The van der Waals surface area contributed by atoms with Crippen LogP contribution in [0.5, 0.6) is 17.2 Å². The molecule has 1 aliphatic heterocycles. The van der Waals surface area contributed by atoms with Gasteiger partial charge in [-0.25, -0.2) is 9.79 Å². The summed E-state index contributed by atoms with van der Waals surface area (Å²) in [7, 11) is 3.11. The summed E-state index contributed by atoms with van der Waals surface area (Å²) >= 11 is 4.82. The Morgan fingerprint density at radius 3 is 2.47 bits per heavy atom. The number of aliphatic imine (C=N–C) groups is 1. The number of hydrogen-bond acceptors (Lipinski definition) is 8. The molecule has 1 saturated heterocycles. The SMILES string of the molecule is CCOC(=O)COc1cc(Br)c(/C=C2/SC(=Nc3ccc(OC)cc3)N(CC)C2=O)cc1OC. The molecule has 10 heteroatoms. The van der Waals surface area contributed by atoms with Crippen molar-refractivity contribution in [2.24, 2.45) is 4.99 Å². The lowest BCUT2D eigenvalue weighted by atomic mass is 10.2.